The van der Waals surface area contributed by atoms with Crippen molar-refractivity contribution in [2.75, 3.05) is 17.2 Å². The van der Waals surface area contributed by atoms with Crippen molar-refractivity contribution in [3.63, 3.8) is 0 Å². The molecule has 0 fully saturated rings. The highest BCUT2D eigenvalue weighted by atomic mass is 19.4. The zero-order valence-electron chi connectivity index (χ0n) is 13.8. The van der Waals surface area contributed by atoms with Gasteiger partial charge in [-0.3, -0.25) is 9.59 Å². The number of hydrogen-bond donors (Lipinski definition) is 2. The van der Waals surface area contributed by atoms with Crippen LogP contribution in [0.3, 0.4) is 0 Å². The van der Waals surface area contributed by atoms with E-state index in [9.17, 15) is 27.2 Å². The molecule has 2 aromatic rings. The summed E-state index contributed by atoms with van der Waals surface area (Å²) < 4.78 is 55.1. The summed E-state index contributed by atoms with van der Waals surface area (Å²) in [5.41, 5.74) is 0.949. The second kappa shape index (κ2) is 7.26. The highest BCUT2D eigenvalue weighted by Crippen LogP contribution is 2.34. The Labute approximate surface area is 151 Å². The van der Waals surface area contributed by atoms with E-state index in [1.165, 1.54) is 0 Å². The van der Waals surface area contributed by atoms with E-state index >= 15 is 0 Å². The number of hydrogen-bond acceptors (Lipinski definition) is 3. The summed E-state index contributed by atoms with van der Waals surface area (Å²) in [7, 11) is 0. The Morgan fingerprint density at radius 2 is 1.96 bits per heavy atom. The average Bonchev–Trinajstić information content (AvgIpc) is 2.60. The molecule has 1 heterocycles. The van der Waals surface area contributed by atoms with Crippen LogP contribution in [-0.4, -0.2) is 24.6 Å². The van der Waals surface area contributed by atoms with E-state index in [1.54, 1.807) is 24.3 Å². The predicted molar refractivity (Wildman–Crippen MR) is 89.0 cm³/mol. The number of halogens is 4. The molecular weight excluding hydrogens is 368 g/mol. The normalized spacial score (nSPS) is 16.3. The Kier molecular flexibility index (Phi) is 5.02. The van der Waals surface area contributed by atoms with Crippen LogP contribution in [0.25, 0.3) is 0 Å². The molecule has 1 aliphatic rings. The molecule has 9 heteroatoms. The molecule has 2 aromatic carbocycles. The highest BCUT2D eigenvalue weighted by Gasteiger charge is 2.32. The molecule has 0 aliphatic carbocycles. The predicted octanol–water partition coefficient (Wildman–Crippen LogP) is 3.83. The van der Waals surface area contributed by atoms with E-state index in [0.29, 0.717) is 11.3 Å². The van der Waals surface area contributed by atoms with E-state index in [0.717, 1.165) is 18.2 Å². The molecule has 1 unspecified atom stereocenters. The Hall–Kier alpha value is -3.10. The molecule has 0 saturated heterocycles. The minimum absolute atomic E-state index is 0.117. The van der Waals surface area contributed by atoms with Crippen LogP contribution in [0.5, 0.6) is 5.75 Å². The fourth-order valence-corrected chi connectivity index (χ4v) is 2.74. The molecule has 1 aliphatic heterocycles. The summed E-state index contributed by atoms with van der Waals surface area (Å²) in [5.74, 6) is -3.07. The van der Waals surface area contributed by atoms with Crippen molar-refractivity contribution in [1.29, 1.82) is 0 Å². The van der Waals surface area contributed by atoms with Crippen molar-refractivity contribution in [2.45, 2.75) is 18.5 Å². The van der Waals surface area contributed by atoms with Gasteiger partial charge in [-0.15, -0.1) is 0 Å². The second-order valence-electron chi connectivity index (χ2n) is 5.93. The first-order valence-electron chi connectivity index (χ1n) is 7.92. The van der Waals surface area contributed by atoms with E-state index in [-0.39, 0.29) is 18.0 Å². The van der Waals surface area contributed by atoms with E-state index in [4.69, 9.17) is 0 Å². The molecule has 0 aromatic heterocycles. The third-order valence-corrected chi connectivity index (χ3v) is 3.91. The fourth-order valence-electron chi connectivity index (χ4n) is 2.74. The summed E-state index contributed by atoms with van der Waals surface area (Å²) in [6.07, 6.45) is -4.74. The molecule has 1 atom stereocenters. The summed E-state index contributed by atoms with van der Waals surface area (Å²) in [6.45, 7) is -1.63. The van der Waals surface area contributed by atoms with Crippen molar-refractivity contribution in [3.8, 4) is 5.75 Å². The van der Waals surface area contributed by atoms with Gasteiger partial charge in [0, 0.05) is 18.2 Å². The van der Waals surface area contributed by atoms with Crippen LogP contribution in [0.15, 0.2) is 42.5 Å². The SMILES string of the molecule is O=C1CC(C(=O)Nc2ccc(F)cc2OCC(F)(F)F)c2ccccc2N1. The molecular formula is C18H14F4N2O3. The lowest BCUT2D eigenvalue weighted by atomic mass is 9.90. The van der Waals surface area contributed by atoms with E-state index < -0.39 is 36.2 Å². The molecule has 142 valence electrons. The Morgan fingerprint density at radius 1 is 1.22 bits per heavy atom. The van der Waals surface area contributed by atoms with Crippen LogP contribution >= 0.6 is 0 Å². The lowest BCUT2D eigenvalue weighted by Crippen LogP contribution is -2.31. The molecule has 0 radical (unpaired) electrons. The Morgan fingerprint density at radius 3 is 2.70 bits per heavy atom. The van der Waals surface area contributed by atoms with Gasteiger partial charge in [-0.1, -0.05) is 18.2 Å². The molecule has 3 rings (SSSR count). The van der Waals surface area contributed by atoms with Gasteiger partial charge in [0.05, 0.1) is 11.6 Å². The van der Waals surface area contributed by atoms with Crippen LogP contribution in [0, 0.1) is 5.82 Å². The second-order valence-corrected chi connectivity index (χ2v) is 5.93. The third-order valence-electron chi connectivity index (χ3n) is 3.91. The molecule has 5 nitrogen and oxygen atoms in total. The number of fused-ring (bicyclic) bond motifs is 1. The number of anilines is 2. The quantitative estimate of drug-likeness (QED) is 0.790. The maximum Gasteiger partial charge on any atom is 0.422 e. The van der Waals surface area contributed by atoms with Gasteiger partial charge >= 0.3 is 6.18 Å². The molecule has 0 saturated carbocycles. The van der Waals surface area contributed by atoms with Gasteiger partial charge in [0.15, 0.2) is 6.61 Å². The van der Waals surface area contributed by atoms with Crippen LogP contribution in [0.1, 0.15) is 17.9 Å². The monoisotopic (exact) mass is 382 g/mol. The van der Waals surface area contributed by atoms with Gasteiger partial charge in [-0.25, -0.2) is 4.39 Å². The molecule has 27 heavy (non-hydrogen) atoms. The van der Waals surface area contributed by atoms with Gasteiger partial charge in [0.25, 0.3) is 0 Å². The minimum Gasteiger partial charge on any atom is -0.482 e. The lowest BCUT2D eigenvalue weighted by Gasteiger charge is -2.25. The van der Waals surface area contributed by atoms with Crippen LogP contribution < -0.4 is 15.4 Å². The Balaban J connectivity index is 1.83. The molecule has 2 amide bonds. The molecule has 2 N–H and O–H groups in total. The largest absolute Gasteiger partial charge is 0.482 e. The van der Waals surface area contributed by atoms with Gasteiger partial charge in [-0.05, 0) is 23.8 Å². The summed E-state index contributed by atoms with van der Waals surface area (Å²) in [4.78, 5) is 24.5. The summed E-state index contributed by atoms with van der Waals surface area (Å²) >= 11 is 0. The third kappa shape index (κ3) is 4.55. The number of ether oxygens (including phenoxy) is 1. The van der Waals surface area contributed by atoms with Gasteiger partial charge in [0.2, 0.25) is 11.8 Å². The van der Waals surface area contributed by atoms with Crippen LogP contribution in [-0.2, 0) is 9.59 Å². The van der Waals surface area contributed by atoms with Gasteiger partial charge in [-0.2, -0.15) is 13.2 Å². The van der Waals surface area contributed by atoms with Crippen LogP contribution in [0.4, 0.5) is 28.9 Å². The minimum atomic E-state index is -4.62. The number of amides is 2. The Bertz CT molecular complexity index is 883. The number of nitrogens with one attached hydrogen (secondary N) is 2. The number of carbonyl (C=O) groups is 2. The fraction of sp³-hybridized carbons (Fsp3) is 0.222. The number of para-hydroxylation sites is 1. The first-order chi connectivity index (χ1) is 12.7. The zero-order valence-corrected chi connectivity index (χ0v) is 13.8. The van der Waals surface area contributed by atoms with Crippen molar-refractivity contribution < 1.29 is 31.9 Å². The van der Waals surface area contributed by atoms with Crippen LogP contribution in [0.2, 0.25) is 0 Å². The number of carbonyl (C=O) groups excluding carboxylic acids is 2. The number of rotatable bonds is 4. The van der Waals surface area contributed by atoms with Crippen molar-refractivity contribution in [1.82, 2.24) is 0 Å². The maximum atomic E-state index is 13.4. The number of benzene rings is 2. The highest BCUT2D eigenvalue weighted by molar-refractivity contribution is 6.05. The summed E-state index contributed by atoms with van der Waals surface area (Å²) in [6, 6.07) is 9.55. The van der Waals surface area contributed by atoms with Gasteiger partial charge < -0.3 is 15.4 Å². The topological polar surface area (TPSA) is 67.4 Å². The summed E-state index contributed by atoms with van der Waals surface area (Å²) in [5, 5.41) is 5.07. The first kappa shape index (κ1) is 18.7. The van der Waals surface area contributed by atoms with E-state index in [1.807, 2.05) is 0 Å². The van der Waals surface area contributed by atoms with Crippen molar-refractivity contribution >= 4 is 23.2 Å². The standard InChI is InChI=1S/C18H14F4N2O3/c19-10-5-6-14(15(7-10)27-9-18(20,21)22)24-17(26)12-8-16(25)23-13-4-2-1-3-11(12)13/h1-7,12H,8-9H2,(H,23,25)(H,24,26). The number of alkyl halides is 3. The zero-order chi connectivity index (χ0) is 19.6. The van der Waals surface area contributed by atoms with Crippen molar-refractivity contribution in [2.24, 2.45) is 0 Å². The first-order valence-corrected chi connectivity index (χ1v) is 7.92. The lowest BCUT2D eigenvalue weighted by molar-refractivity contribution is -0.153. The van der Waals surface area contributed by atoms with E-state index in [2.05, 4.69) is 15.4 Å². The average molecular weight is 382 g/mol. The smallest absolute Gasteiger partial charge is 0.422 e. The molecule has 0 bridgehead atoms. The maximum absolute atomic E-state index is 13.4. The van der Waals surface area contributed by atoms with Gasteiger partial charge in [0.1, 0.15) is 11.6 Å². The van der Waals surface area contributed by atoms with Crippen molar-refractivity contribution in [3.05, 3.63) is 53.8 Å². The molecule has 0 spiro atoms.